The molecule has 0 atom stereocenters. The zero-order valence-electron chi connectivity index (χ0n) is 10.2. The minimum absolute atomic E-state index is 0.0120. The summed E-state index contributed by atoms with van der Waals surface area (Å²) in [5.41, 5.74) is 3.22. The Bertz CT molecular complexity index is 561. The molecule has 1 aromatic heterocycles. The molecule has 0 aliphatic rings. The molecular weight excluding hydrogens is 248 g/mol. The molecule has 0 amide bonds. The first-order chi connectivity index (χ1) is 8.61. The van der Waals surface area contributed by atoms with Gasteiger partial charge in [-0.3, -0.25) is 9.89 Å². The van der Waals surface area contributed by atoms with Gasteiger partial charge in [0.1, 0.15) is 0 Å². The monoisotopic (exact) mass is 262 g/mol. The number of aromatic amines is 1. The number of carbonyl (C=O) groups is 1. The lowest BCUT2D eigenvalue weighted by atomic mass is 10.0. The zero-order valence-corrected chi connectivity index (χ0v) is 11.0. The molecule has 2 rings (SSSR count). The van der Waals surface area contributed by atoms with Crippen LogP contribution in [-0.2, 0) is 11.2 Å². The average Bonchev–Trinajstić information content (AvgIpc) is 2.71. The summed E-state index contributed by atoms with van der Waals surface area (Å²) >= 11 is 1.67. The number of hydrogen-bond acceptors (Lipinski definition) is 3. The molecule has 0 saturated heterocycles. The Morgan fingerprint density at radius 2 is 2.06 bits per heavy atom. The number of carboxylic acids is 1. The van der Waals surface area contributed by atoms with Crippen molar-refractivity contribution in [3.63, 3.8) is 0 Å². The van der Waals surface area contributed by atoms with E-state index in [-0.39, 0.29) is 6.42 Å². The van der Waals surface area contributed by atoms with E-state index in [1.54, 1.807) is 11.8 Å². The number of benzene rings is 1. The van der Waals surface area contributed by atoms with E-state index in [4.69, 9.17) is 5.11 Å². The van der Waals surface area contributed by atoms with Gasteiger partial charge in [-0.1, -0.05) is 12.1 Å². The number of H-pyrrole nitrogens is 1. The molecule has 2 aromatic rings. The van der Waals surface area contributed by atoms with E-state index in [9.17, 15) is 4.79 Å². The third-order valence-corrected chi connectivity index (χ3v) is 3.51. The van der Waals surface area contributed by atoms with Crippen molar-refractivity contribution in [2.24, 2.45) is 0 Å². The summed E-state index contributed by atoms with van der Waals surface area (Å²) < 4.78 is 0. The smallest absolute Gasteiger partial charge is 0.307 e. The van der Waals surface area contributed by atoms with E-state index in [0.717, 1.165) is 22.5 Å². The molecule has 18 heavy (non-hydrogen) atoms. The van der Waals surface area contributed by atoms with E-state index in [2.05, 4.69) is 10.2 Å². The number of aryl methyl sites for hydroxylation is 1. The highest BCUT2D eigenvalue weighted by Crippen LogP contribution is 2.26. The van der Waals surface area contributed by atoms with E-state index in [1.165, 1.54) is 4.90 Å². The van der Waals surface area contributed by atoms with Crippen LogP contribution in [0.4, 0.5) is 0 Å². The maximum absolute atomic E-state index is 10.9. The van der Waals surface area contributed by atoms with Crippen LogP contribution in [0.5, 0.6) is 0 Å². The molecule has 0 radical (unpaired) electrons. The Morgan fingerprint density at radius 3 is 2.61 bits per heavy atom. The van der Waals surface area contributed by atoms with Crippen LogP contribution in [0.3, 0.4) is 0 Å². The number of hydrogen-bond donors (Lipinski definition) is 2. The van der Waals surface area contributed by atoms with Crippen LogP contribution in [0.2, 0.25) is 0 Å². The van der Waals surface area contributed by atoms with Crippen molar-refractivity contribution in [3.05, 3.63) is 35.5 Å². The van der Waals surface area contributed by atoms with Crippen LogP contribution >= 0.6 is 11.8 Å². The summed E-state index contributed by atoms with van der Waals surface area (Å²) in [5, 5.41) is 16.0. The third-order valence-electron chi connectivity index (χ3n) is 2.77. The van der Waals surface area contributed by atoms with Crippen molar-refractivity contribution in [1.29, 1.82) is 0 Å². The second-order valence-corrected chi connectivity index (χ2v) is 4.85. The van der Waals surface area contributed by atoms with Crippen molar-refractivity contribution < 1.29 is 9.90 Å². The number of rotatable bonds is 4. The fourth-order valence-corrected chi connectivity index (χ4v) is 2.22. The van der Waals surface area contributed by atoms with Crippen molar-refractivity contribution in [3.8, 4) is 11.3 Å². The number of nitrogens with one attached hydrogen (secondary N) is 1. The molecule has 2 N–H and O–H groups in total. The molecule has 0 saturated carbocycles. The number of aliphatic carboxylic acids is 1. The molecule has 0 bridgehead atoms. The molecule has 0 spiro atoms. The molecule has 1 aromatic carbocycles. The van der Waals surface area contributed by atoms with E-state index in [0.29, 0.717) is 0 Å². The normalized spacial score (nSPS) is 10.6. The second kappa shape index (κ2) is 5.27. The summed E-state index contributed by atoms with van der Waals surface area (Å²) in [6.45, 7) is 1.84. The molecule has 5 heteroatoms. The Morgan fingerprint density at radius 1 is 1.39 bits per heavy atom. The van der Waals surface area contributed by atoms with Gasteiger partial charge in [-0.05, 0) is 25.3 Å². The van der Waals surface area contributed by atoms with Gasteiger partial charge in [-0.25, -0.2) is 0 Å². The standard InChI is InChI=1S/C13H14N2O2S/c1-8-11(7-12(16)17)13(15-14-8)9-3-5-10(18-2)6-4-9/h3-6H,7H2,1-2H3,(H,14,15)(H,16,17). The van der Waals surface area contributed by atoms with Gasteiger partial charge in [0.25, 0.3) is 0 Å². The minimum atomic E-state index is -0.846. The van der Waals surface area contributed by atoms with Gasteiger partial charge in [0.2, 0.25) is 0 Å². The largest absolute Gasteiger partial charge is 0.481 e. The maximum Gasteiger partial charge on any atom is 0.307 e. The van der Waals surface area contributed by atoms with E-state index < -0.39 is 5.97 Å². The number of thioether (sulfide) groups is 1. The molecule has 0 fully saturated rings. The second-order valence-electron chi connectivity index (χ2n) is 3.97. The van der Waals surface area contributed by atoms with Crippen LogP contribution in [0.1, 0.15) is 11.3 Å². The first-order valence-electron chi connectivity index (χ1n) is 5.52. The highest BCUT2D eigenvalue weighted by molar-refractivity contribution is 7.98. The van der Waals surface area contributed by atoms with Gasteiger partial charge >= 0.3 is 5.97 Å². The Kier molecular flexibility index (Phi) is 3.72. The highest BCUT2D eigenvalue weighted by atomic mass is 32.2. The minimum Gasteiger partial charge on any atom is -0.481 e. The molecule has 0 unspecified atom stereocenters. The van der Waals surface area contributed by atoms with Crippen LogP contribution in [0, 0.1) is 6.92 Å². The molecule has 4 nitrogen and oxygen atoms in total. The maximum atomic E-state index is 10.9. The van der Waals surface area contributed by atoms with Crippen molar-refractivity contribution in [2.75, 3.05) is 6.26 Å². The lowest BCUT2D eigenvalue weighted by Gasteiger charge is -2.02. The fraction of sp³-hybridized carbons (Fsp3) is 0.231. The SMILES string of the molecule is CSc1ccc(-c2n[nH]c(C)c2CC(=O)O)cc1. The number of nitrogens with zero attached hydrogens (tertiary/aromatic N) is 1. The fourth-order valence-electron chi connectivity index (χ4n) is 1.81. The third kappa shape index (κ3) is 2.56. The van der Waals surface area contributed by atoms with Gasteiger partial charge < -0.3 is 5.11 Å². The van der Waals surface area contributed by atoms with Gasteiger partial charge in [0.05, 0.1) is 12.1 Å². The summed E-state index contributed by atoms with van der Waals surface area (Å²) in [7, 11) is 0. The predicted octanol–water partition coefficient (Wildman–Crippen LogP) is 2.73. The van der Waals surface area contributed by atoms with Crippen LogP contribution < -0.4 is 0 Å². The molecular formula is C13H14N2O2S. The number of aromatic nitrogens is 2. The highest BCUT2D eigenvalue weighted by Gasteiger charge is 2.14. The van der Waals surface area contributed by atoms with Crippen LogP contribution in [0.15, 0.2) is 29.2 Å². The van der Waals surface area contributed by atoms with Crippen molar-refractivity contribution in [1.82, 2.24) is 10.2 Å². The number of carboxylic acid groups (broad SMARTS) is 1. The summed E-state index contributed by atoms with van der Waals surface area (Å²) in [5.74, 6) is -0.846. The van der Waals surface area contributed by atoms with Gasteiger partial charge in [0.15, 0.2) is 0 Å². The van der Waals surface area contributed by atoms with Crippen LogP contribution in [-0.4, -0.2) is 27.5 Å². The van der Waals surface area contributed by atoms with Crippen molar-refractivity contribution >= 4 is 17.7 Å². The summed E-state index contributed by atoms with van der Waals surface area (Å²) in [6, 6.07) is 7.95. The predicted molar refractivity (Wildman–Crippen MR) is 71.9 cm³/mol. The zero-order chi connectivity index (χ0) is 13.1. The molecule has 1 heterocycles. The van der Waals surface area contributed by atoms with Crippen LogP contribution in [0.25, 0.3) is 11.3 Å². The van der Waals surface area contributed by atoms with E-state index >= 15 is 0 Å². The topological polar surface area (TPSA) is 66.0 Å². The average molecular weight is 262 g/mol. The Hall–Kier alpha value is -1.75. The van der Waals surface area contributed by atoms with Gasteiger partial charge in [0, 0.05) is 21.7 Å². The molecule has 0 aliphatic heterocycles. The Labute approximate surface area is 109 Å². The van der Waals surface area contributed by atoms with Crippen molar-refractivity contribution in [2.45, 2.75) is 18.2 Å². The summed E-state index contributed by atoms with van der Waals surface area (Å²) in [6.07, 6.45) is 2.01. The lowest BCUT2D eigenvalue weighted by Crippen LogP contribution is -2.02. The quantitative estimate of drug-likeness (QED) is 0.831. The molecule has 0 aliphatic carbocycles. The molecule has 94 valence electrons. The lowest BCUT2D eigenvalue weighted by molar-refractivity contribution is -0.136. The first-order valence-corrected chi connectivity index (χ1v) is 6.74. The van der Waals surface area contributed by atoms with Gasteiger partial charge in [-0.2, -0.15) is 5.10 Å². The van der Waals surface area contributed by atoms with E-state index in [1.807, 2.05) is 37.4 Å². The summed E-state index contributed by atoms with van der Waals surface area (Å²) in [4.78, 5) is 12.0. The van der Waals surface area contributed by atoms with Gasteiger partial charge in [-0.15, -0.1) is 11.8 Å². The first kappa shape index (κ1) is 12.7. The Balaban J connectivity index is 2.40.